The highest BCUT2D eigenvalue weighted by Crippen LogP contribution is 2.15. The molecule has 96 valence electrons. The molecule has 0 aliphatic carbocycles. The molecule has 0 amide bonds. The zero-order valence-corrected chi connectivity index (χ0v) is 10.6. The summed E-state index contributed by atoms with van der Waals surface area (Å²) in [6.07, 6.45) is 6.43. The number of hydrogen-bond donors (Lipinski definition) is 2. The van der Waals surface area contributed by atoms with Crippen LogP contribution in [0.5, 0.6) is 0 Å². The van der Waals surface area contributed by atoms with E-state index in [0.717, 1.165) is 30.9 Å². The molecule has 0 aliphatic rings. The second-order valence-electron chi connectivity index (χ2n) is 4.45. The molecule has 2 heterocycles. The van der Waals surface area contributed by atoms with E-state index in [0.29, 0.717) is 0 Å². The highest BCUT2D eigenvalue weighted by Gasteiger charge is 2.01. The molecule has 0 unspecified atom stereocenters. The summed E-state index contributed by atoms with van der Waals surface area (Å²) in [5.41, 5.74) is 2.38. The van der Waals surface area contributed by atoms with Crippen LogP contribution in [-0.4, -0.2) is 21.5 Å². The molecule has 1 aromatic carbocycles. The molecule has 0 bridgehead atoms. The van der Waals surface area contributed by atoms with E-state index in [1.165, 1.54) is 10.9 Å². The second-order valence-corrected chi connectivity index (χ2v) is 4.45. The van der Waals surface area contributed by atoms with Crippen molar-refractivity contribution >= 4 is 10.9 Å². The van der Waals surface area contributed by atoms with Crippen molar-refractivity contribution in [3.8, 4) is 0 Å². The van der Waals surface area contributed by atoms with Gasteiger partial charge in [-0.05, 0) is 24.6 Å². The van der Waals surface area contributed by atoms with Crippen LogP contribution in [0.1, 0.15) is 11.4 Å². The Labute approximate surface area is 111 Å². The van der Waals surface area contributed by atoms with Crippen LogP contribution >= 0.6 is 0 Å². The predicted octanol–water partition coefficient (Wildman–Crippen LogP) is 2.29. The van der Waals surface area contributed by atoms with Gasteiger partial charge in [-0.1, -0.05) is 24.3 Å². The summed E-state index contributed by atoms with van der Waals surface area (Å²) in [6, 6.07) is 10.4. The van der Waals surface area contributed by atoms with Gasteiger partial charge in [-0.25, -0.2) is 4.98 Å². The van der Waals surface area contributed by atoms with Crippen molar-refractivity contribution in [3.63, 3.8) is 0 Å². The average molecular weight is 252 g/mol. The first-order valence-electron chi connectivity index (χ1n) is 6.45. The van der Waals surface area contributed by atoms with E-state index in [-0.39, 0.29) is 0 Å². The van der Waals surface area contributed by atoms with Crippen molar-refractivity contribution in [2.24, 2.45) is 0 Å². The molecule has 4 heteroatoms. The van der Waals surface area contributed by atoms with Gasteiger partial charge in [-0.2, -0.15) is 0 Å². The van der Waals surface area contributed by atoms with Crippen molar-refractivity contribution in [1.82, 2.24) is 20.3 Å². The van der Waals surface area contributed by atoms with Gasteiger partial charge in [0.2, 0.25) is 0 Å². The number of imidazole rings is 1. The van der Waals surface area contributed by atoms with Gasteiger partial charge < -0.3 is 10.3 Å². The smallest absolute Gasteiger partial charge is 0.120 e. The minimum absolute atomic E-state index is 0.769. The summed E-state index contributed by atoms with van der Waals surface area (Å²) in [5, 5.41) is 4.58. The lowest BCUT2D eigenvalue weighted by Crippen LogP contribution is -2.17. The number of nitrogens with zero attached hydrogens (tertiary/aromatic N) is 2. The van der Waals surface area contributed by atoms with Crippen molar-refractivity contribution in [1.29, 1.82) is 0 Å². The number of aromatic amines is 1. The third-order valence-corrected chi connectivity index (χ3v) is 3.13. The Kier molecular flexibility index (Phi) is 3.51. The Balaban J connectivity index is 1.62. The number of aromatic nitrogens is 3. The fourth-order valence-electron chi connectivity index (χ4n) is 2.19. The number of H-pyrrole nitrogens is 1. The van der Waals surface area contributed by atoms with E-state index in [1.54, 1.807) is 6.20 Å². The van der Waals surface area contributed by atoms with Crippen LogP contribution in [-0.2, 0) is 13.0 Å². The van der Waals surface area contributed by atoms with Crippen LogP contribution in [0.2, 0.25) is 0 Å². The molecule has 3 rings (SSSR count). The molecule has 0 saturated carbocycles. The molecular formula is C15H16N4. The Bertz CT molecular complexity index is 641. The second kappa shape index (κ2) is 5.63. The summed E-state index contributed by atoms with van der Waals surface area (Å²) < 4.78 is 0. The van der Waals surface area contributed by atoms with E-state index in [9.17, 15) is 0 Å². The van der Waals surface area contributed by atoms with Gasteiger partial charge in [0.25, 0.3) is 0 Å². The Morgan fingerprint density at radius 3 is 2.89 bits per heavy atom. The van der Waals surface area contributed by atoms with Crippen molar-refractivity contribution in [2.75, 3.05) is 6.54 Å². The Morgan fingerprint density at radius 1 is 1.05 bits per heavy atom. The molecule has 3 aromatic rings. The van der Waals surface area contributed by atoms with Gasteiger partial charge in [0, 0.05) is 24.0 Å². The lowest BCUT2D eigenvalue weighted by molar-refractivity contribution is 0.666. The third-order valence-electron chi connectivity index (χ3n) is 3.13. The average Bonchev–Trinajstić information content (AvgIpc) is 2.97. The molecule has 0 saturated heterocycles. The van der Waals surface area contributed by atoms with Crippen molar-refractivity contribution < 1.29 is 0 Å². The molecule has 0 fully saturated rings. The predicted molar refractivity (Wildman–Crippen MR) is 75.7 cm³/mol. The monoisotopic (exact) mass is 252 g/mol. The topological polar surface area (TPSA) is 53.6 Å². The number of rotatable bonds is 5. The largest absolute Gasteiger partial charge is 0.348 e. The quantitative estimate of drug-likeness (QED) is 0.685. The van der Waals surface area contributed by atoms with Crippen LogP contribution in [0.15, 0.2) is 48.9 Å². The lowest BCUT2D eigenvalue weighted by Gasteiger charge is -2.06. The number of nitrogens with one attached hydrogen (secondary N) is 2. The number of hydrogen-bond acceptors (Lipinski definition) is 3. The lowest BCUT2D eigenvalue weighted by atomic mass is 10.1. The fourth-order valence-corrected chi connectivity index (χ4v) is 2.19. The van der Waals surface area contributed by atoms with Crippen molar-refractivity contribution in [2.45, 2.75) is 13.0 Å². The maximum absolute atomic E-state index is 4.46. The van der Waals surface area contributed by atoms with E-state index < -0.39 is 0 Å². The highest BCUT2D eigenvalue weighted by molar-refractivity contribution is 5.81. The number of fused-ring (bicyclic) bond motifs is 1. The van der Waals surface area contributed by atoms with Crippen molar-refractivity contribution in [3.05, 3.63) is 60.3 Å². The van der Waals surface area contributed by atoms with Gasteiger partial charge in [0.15, 0.2) is 0 Å². The number of benzene rings is 1. The Morgan fingerprint density at radius 2 is 2.00 bits per heavy atom. The van der Waals surface area contributed by atoms with Crippen LogP contribution in [0, 0.1) is 0 Å². The van der Waals surface area contributed by atoms with Crippen LogP contribution in [0.3, 0.4) is 0 Å². The van der Waals surface area contributed by atoms with E-state index in [1.807, 2.05) is 18.5 Å². The normalized spacial score (nSPS) is 10.9. The van der Waals surface area contributed by atoms with Crippen LogP contribution < -0.4 is 5.32 Å². The zero-order valence-electron chi connectivity index (χ0n) is 10.6. The molecule has 0 aliphatic heterocycles. The molecule has 2 N–H and O–H groups in total. The minimum atomic E-state index is 0.769. The number of pyridine rings is 1. The van der Waals surface area contributed by atoms with E-state index in [4.69, 9.17) is 0 Å². The van der Waals surface area contributed by atoms with Crippen LogP contribution in [0.25, 0.3) is 10.9 Å². The van der Waals surface area contributed by atoms with E-state index >= 15 is 0 Å². The summed E-state index contributed by atoms with van der Waals surface area (Å²) in [5.74, 6) is 0.969. The molecule has 4 nitrogen and oxygen atoms in total. The molecule has 0 atom stereocenters. The van der Waals surface area contributed by atoms with Crippen LogP contribution in [0.4, 0.5) is 0 Å². The first kappa shape index (κ1) is 11.9. The van der Waals surface area contributed by atoms with Gasteiger partial charge in [-0.15, -0.1) is 0 Å². The fraction of sp³-hybridized carbons (Fsp3) is 0.200. The Hall–Kier alpha value is -2.20. The standard InChI is InChI=1S/C15H16N4/c1-3-12-5-2-7-19-15(12)13(4-1)6-8-16-11-14-17-9-10-18-14/h1-5,7,9-10,16H,6,8,11H2,(H,17,18). The molecule has 0 radical (unpaired) electrons. The SMILES string of the molecule is c1cnc2c(CCNCc3ncc[nH]3)cccc2c1. The molecule has 0 spiro atoms. The minimum Gasteiger partial charge on any atom is -0.348 e. The van der Waals surface area contributed by atoms with Gasteiger partial charge in [-0.3, -0.25) is 4.98 Å². The number of para-hydroxylation sites is 1. The maximum atomic E-state index is 4.46. The van der Waals surface area contributed by atoms with E-state index in [2.05, 4.69) is 44.5 Å². The third kappa shape index (κ3) is 2.80. The molecular weight excluding hydrogens is 236 g/mol. The summed E-state index contributed by atoms with van der Waals surface area (Å²) in [6.45, 7) is 1.68. The summed E-state index contributed by atoms with van der Waals surface area (Å²) in [7, 11) is 0. The van der Waals surface area contributed by atoms with Gasteiger partial charge in [0.05, 0.1) is 12.1 Å². The summed E-state index contributed by atoms with van der Waals surface area (Å²) in [4.78, 5) is 11.7. The first-order chi connectivity index (χ1) is 9.43. The molecule has 2 aromatic heterocycles. The van der Waals surface area contributed by atoms with Gasteiger partial charge in [0.1, 0.15) is 5.82 Å². The highest BCUT2D eigenvalue weighted by atomic mass is 15.0. The zero-order chi connectivity index (χ0) is 12.9. The maximum Gasteiger partial charge on any atom is 0.120 e. The summed E-state index contributed by atoms with van der Waals surface area (Å²) >= 11 is 0. The first-order valence-corrected chi connectivity index (χ1v) is 6.45. The molecule has 19 heavy (non-hydrogen) atoms. The van der Waals surface area contributed by atoms with Gasteiger partial charge >= 0.3 is 0 Å².